The minimum Gasteiger partial charge on any atom is -0.480 e. The molecule has 4 amide bonds. The summed E-state index contributed by atoms with van der Waals surface area (Å²) >= 11 is 0. The standard InChI is InChI=1S/C19H36N6O7/c1-10(2)15(25-16(28)11(21)5-3-4-8-20)18(30)24-13(9-26)17(29)23-12(19(31)32)6-7-14(22)27/h10-13,15,26H,3-9,20-21H2,1-2H3,(H2,22,27)(H,23,29)(H,24,30)(H,25,28)(H,31,32). The summed E-state index contributed by atoms with van der Waals surface area (Å²) in [7, 11) is 0. The molecule has 0 aliphatic heterocycles. The van der Waals surface area contributed by atoms with Crippen molar-refractivity contribution >= 4 is 29.6 Å². The van der Waals surface area contributed by atoms with Gasteiger partial charge in [0.15, 0.2) is 0 Å². The van der Waals surface area contributed by atoms with Crippen LogP contribution in [0.5, 0.6) is 0 Å². The first kappa shape index (κ1) is 29.2. The van der Waals surface area contributed by atoms with Gasteiger partial charge in [0.25, 0.3) is 0 Å². The number of aliphatic hydroxyl groups excluding tert-OH is 1. The van der Waals surface area contributed by atoms with Gasteiger partial charge in [0.05, 0.1) is 12.6 Å². The van der Waals surface area contributed by atoms with Gasteiger partial charge in [-0.1, -0.05) is 20.3 Å². The monoisotopic (exact) mass is 460 g/mol. The predicted octanol–water partition coefficient (Wildman–Crippen LogP) is -3.10. The summed E-state index contributed by atoms with van der Waals surface area (Å²) in [6.45, 7) is 2.99. The van der Waals surface area contributed by atoms with Crippen molar-refractivity contribution in [2.75, 3.05) is 13.2 Å². The molecule has 0 aromatic heterocycles. The number of carboxylic acids is 1. The lowest BCUT2D eigenvalue weighted by Crippen LogP contribution is -2.59. The highest BCUT2D eigenvalue weighted by Crippen LogP contribution is 2.06. The third-order valence-electron chi connectivity index (χ3n) is 4.66. The Morgan fingerprint density at radius 3 is 1.94 bits per heavy atom. The van der Waals surface area contributed by atoms with E-state index in [2.05, 4.69) is 16.0 Å². The predicted molar refractivity (Wildman–Crippen MR) is 115 cm³/mol. The Morgan fingerprint density at radius 2 is 1.47 bits per heavy atom. The lowest BCUT2D eigenvalue weighted by atomic mass is 10.0. The smallest absolute Gasteiger partial charge is 0.326 e. The van der Waals surface area contributed by atoms with Gasteiger partial charge >= 0.3 is 5.97 Å². The number of carbonyl (C=O) groups is 5. The van der Waals surface area contributed by atoms with Crippen molar-refractivity contribution in [2.45, 2.75) is 70.1 Å². The number of rotatable bonds is 16. The van der Waals surface area contributed by atoms with Crippen LogP contribution in [0.25, 0.3) is 0 Å². The number of hydrogen-bond donors (Lipinski definition) is 8. The van der Waals surface area contributed by atoms with Crippen LogP contribution in [0, 0.1) is 5.92 Å². The summed E-state index contributed by atoms with van der Waals surface area (Å²) in [4.78, 5) is 59.5. The van der Waals surface area contributed by atoms with Crippen LogP contribution in [0.1, 0.15) is 46.0 Å². The van der Waals surface area contributed by atoms with E-state index in [1.54, 1.807) is 13.8 Å². The van der Waals surface area contributed by atoms with Crippen LogP contribution in [-0.4, -0.2) is 77.1 Å². The van der Waals surface area contributed by atoms with Crippen LogP contribution >= 0.6 is 0 Å². The normalized spacial score (nSPS) is 14.7. The van der Waals surface area contributed by atoms with Gasteiger partial charge < -0.3 is 43.4 Å². The zero-order chi connectivity index (χ0) is 24.8. The van der Waals surface area contributed by atoms with E-state index >= 15 is 0 Å². The van der Waals surface area contributed by atoms with Crippen LogP contribution in [0.2, 0.25) is 0 Å². The molecule has 0 spiro atoms. The van der Waals surface area contributed by atoms with Crippen LogP contribution in [-0.2, 0) is 24.0 Å². The van der Waals surface area contributed by atoms with E-state index in [0.29, 0.717) is 25.8 Å². The maximum Gasteiger partial charge on any atom is 0.326 e. The molecule has 0 aliphatic rings. The average Bonchev–Trinajstić information content (AvgIpc) is 2.71. The van der Waals surface area contributed by atoms with Crippen molar-refractivity contribution in [1.82, 2.24) is 16.0 Å². The fraction of sp³-hybridized carbons (Fsp3) is 0.737. The van der Waals surface area contributed by atoms with E-state index in [1.165, 1.54) is 0 Å². The van der Waals surface area contributed by atoms with Crippen molar-refractivity contribution in [2.24, 2.45) is 23.1 Å². The zero-order valence-corrected chi connectivity index (χ0v) is 18.5. The highest BCUT2D eigenvalue weighted by Gasteiger charge is 2.31. The Kier molecular flexibility index (Phi) is 13.8. The average molecular weight is 461 g/mol. The van der Waals surface area contributed by atoms with Crippen molar-refractivity contribution in [1.29, 1.82) is 0 Å². The van der Waals surface area contributed by atoms with Crippen molar-refractivity contribution in [3.63, 3.8) is 0 Å². The quantitative estimate of drug-likeness (QED) is 0.109. The zero-order valence-electron chi connectivity index (χ0n) is 18.5. The third kappa shape index (κ3) is 11.0. The number of hydrogen-bond acceptors (Lipinski definition) is 8. The van der Waals surface area contributed by atoms with Gasteiger partial charge in [-0.05, 0) is 31.7 Å². The lowest BCUT2D eigenvalue weighted by molar-refractivity contribution is -0.143. The van der Waals surface area contributed by atoms with Crippen LogP contribution < -0.4 is 33.2 Å². The first-order chi connectivity index (χ1) is 14.9. The van der Waals surface area contributed by atoms with E-state index in [1.807, 2.05) is 0 Å². The van der Waals surface area contributed by atoms with Gasteiger partial charge in [-0.25, -0.2) is 4.79 Å². The molecule has 0 rings (SSSR count). The largest absolute Gasteiger partial charge is 0.480 e. The Morgan fingerprint density at radius 1 is 0.875 bits per heavy atom. The van der Waals surface area contributed by atoms with Gasteiger partial charge in [-0.15, -0.1) is 0 Å². The molecule has 4 unspecified atom stereocenters. The number of carbonyl (C=O) groups excluding carboxylic acids is 4. The fourth-order valence-corrected chi connectivity index (χ4v) is 2.71. The number of aliphatic carboxylic acids is 1. The van der Waals surface area contributed by atoms with Crippen LogP contribution in [0.15, 0.2) is 0 Å². The molecular formula is C19H36N6O7. The molecule has 0 bridgehead atoms. The number of aliphatic hydroxyl groups is 1. The SMILES string of the molecule is CC(C)C(NC(=O)C(N)CCCCN)C(=O)NC(CO)C(=O)NC(CCC(N)=O)C(=O)O. The summed E-state index contributed by atoms with van der Waals surface area (Å²) in [5.74, 6) is -4.78. The van der Waals surface area contributed by atoms with Crippen molar-refractivity contribution in [3.05, 3.63) is 0 Å². The number of carboxylic acid groups (broad SMARTS) is 1. The van der Waals surface area contributed by atoms with Crippen molar-refractivity contribution < 1.29 is 34.2 Å². The highest BCUT2D eigenvalue weighted by molar-refractivity contribution is 5.94. The van der Waals surface area contributed by atoms with Gasteiger partial charge in [0.1, 0.15) is 18.1 Å². The molecule has 4 atom stereocenters. The maximum absolute atomic E-state index is 12.7. The molecule has 0 heterocycles. The maximum atomic E-state index is 12.7. The second-order valence-electron chi connectivity index (χ2n) is 7.77. The summed E-state index contributed by atoms with van der Waals surface area (Å²) in [6.07, 6.45) is 1.21. The fourth-order valence-electron chi connectivity index (χ4n) is 2.71. The minimum atomic E-state index is -1.48. The summed E-state index contributed by atoms with van der Waals surface area (Å²) in [5, 5.41) is 25.7. The van der Waals surface area contributed by atoms with E-state index in [0.717, 1.165) is 0 Å². The highest BCUT2D eigenvalue weighted by atomic mass is 16.4. The number of nitrogens with one attached hydrogen (secondary N) is 3. The molecule has 13 heteroatoms. The molecule has 11 N–H and O–H groups in total. The molecule has 0 radical (unpaired) electrons. The minimum absolute atomic E-state index is 0.255. The van der Waals surface area contributed by atoms with Gasteiger partial charge in [-0.3, -0.25) is 19.2 Å². The molecule has 0 aromatic rings. The molecule has 184 valence electrons. The Balaban J connectivity index is 5.08. The lowest BCUT2D eigenvalue weighted by Gasteiger charge is -2.26. The molecule has 0 saturated carbocycles. The Bertz CT molecular complexity index is 658. The second kappa shape index (κ2) is 15.1. The Labute approximate surface area is 186 Å². The summed E-state index contributed by atoms with van der Waals surface area (Å²) in [6, 6.07) is -4.80. The van der Waals surface area contributed by atoms with Gasteiger partial charge in [0, 0.05) is 6.42 Å². The van der Waals surface area contributed by atoms with E-state index < -0.39 is 60.4 Å². The van der Waals surface area contributed by atoms with E-state index in [9.17, 15) is 34.2 Å². The number of amides is 4. The molecule has 0 aromatic carbocycles. The van der Waals surface area contributed by atoms with Gasteiger partial charge in [0.2, 0.25) is 23.6 Å². The number of unbranched alkanes of at least 4 members (excludes halogenated alkanes) is 1. The van der Waals surface area contributed by atoms with E-state index in [4.69, 9.17) is 17.2 Å². The summed E-state index contributed by atoms with van der Waals surface area (Å²) < 4.78 is 0. The summed E-state index contributed by atoms with van der Waals surface area (Å²) in [5.41, 5.74) is 16.2. The molecule has 32 heavy (non-hydrogen) atoms. The van der Waals surface area contributed by atoms with Gasteiger partial charge in [-0.2, -0.15) is 0 Å². The third-order valence-corrected chi connectivity index (χ3v) is 4.66. The van der Waals surface area contributed by atoms with Crippen LogP contribution in [0.3, 0.4) is 0 Å². The second-order valence-corrected chi connectivity index (χ2v) is 7.77. The van der Waals surface area contributed by atoms with Crippen LogP contribution in [0.4, 0.5) is 0 Å². The molecule has 0 fully saturated rings. The molecule has 0 aliphatic carbocycles. The Hall–Kier alpha value is -2.77. The first-order valence-electron chi connectivity index (χ1n) is 10.4. The van der Waals surface area contributed by atoms with Crippen molar-refractivity contribution in [3.8, 4) is 0 Å². The van der Waals surface area contributed by atoms with E-state index in [-0.39, 0.29) is 18.8 Å². The molecular weight excluding hydrogens is 424 g/mol. The number of primary amides is 1. The first-order valence-corrected chi connectivity index (χ1v) is 10.4. The number of nitrogens with two attached hydrogens (primary N) is 3. The topological polar surface area (TPSA) is 240 Å². The molecule has 13 nitrogen and oxygen atoms in total. The molecule has 0 saturated heterocycles.